The van der Waals surface area contributed by atoms with Gasteiger partial charge < -0.3 is 15.0 Å². The molecule has 1 N–H and O–H groups in total. The summed E-state index contributed by atoms with van der Waals surface area (Å²) >= 11 is 0. The predicted octanol–water partition coefficient (Wildman–Crippen LogP) is 1.97. The van der Waals surface area contributed by atoms with Gasteiger partial charge in [0, 0.05) is 19.8 Å². The van der Waals surface area contributed by atoms with Crippen LogP contribution in [0.5, 0.6) is 5.75 Å². The van der Waals surface area contributed by atoms with Crippen molar-refractivity contribution in [2.24, 2.45) is 0 Å². The number of benzene rings is 2. The first-order valence-electron chi connectivity index (χ1n) is 8.99. The number of methoxy groups -OCH3 is 1. The maximum Gasteiger partial charge on any atom is 0.244 e. The summed E-state index contributed by atoms with van der Waals surface area (Å²) in [6.45, 7) is 1.43. The Hall–Kier alpha value is -2.12. The van der Waals surface area contributed by atoms with Gasteiger partial charge in [0.15, 0.2) is 14.6 Å². The molecule has 0 saturated carbocycles. The van der Waals surface area contributed by atoms with Crippen LogP contribution in [0.3, 0.4) is 0 Å². The van der Waals surface area contributed by atoms with Gasteiger partial charge in [-0.25, -0.2) is 8.42 Å². The highest BCUT2D eigenvalue weighted by Gasteiger charge is 2.49. The third-order valence-corrected chi connectivity index (χ3v) is 7.39. The molecule has 0 bridgehead atoms. The molecule has 146 valence electrons. The number of piperidine rings is 1. The lowest BCUT2D eigenvalue weighted by Crippen LogP contribution is -2.57. The average Bonchev–Trinajstić information content (AvgIpc) is 2.66. The average molecular weight is 391 g/mol. The fourth-order valence-corrected chi connectivity index (χ4v) is 5.18. The van der Waals surface area contributed by atoms with Crippen LogP contribution in [0, 0.1) is 0 Å². The lowest BCUT2D eigenvalue weighted by molar-refractivity contribution is -0.134. The van der Waals surface area contributed by atoms with Crippen LogP contribution in [0.25, 0.3) is 10.8 Å². The summed E-state index contributed by atoms with van der Waals surface area (Å²) < 4.78 is 28.8. The molecule has 0 radical (unpaired) electrons. The number of nitrogens with one attached hydrogen (secondary N) is 1. The molecule has 6 nitrogen and oxygen atoms in total. The molecule has 0 spiro atoms. The van der Waals surface area contributed by atoms with Gasteiger partial charge in [-0.2, -0.15) is 0 Å². The predicted molar refractivity (Wildman–Crippen MR) is 107 cm³/mol. The Kier molecular flexibility index (Phi) is 5.44. The van der Waals surface area contributed by atoms with Crippen LogP contribution >= 0.6 is 0 Å². The van der Waals surface area contributed by atoms with Gasteiger partial charge in [-0.3, -0.25) is 4.79 Å². The van der Waals surface area contributed by atoms with Crippen molar-refractivity contribution in [3.05, 3.63) is 42.0 Å². The van der Waals surface area contributed by atoms with Crippen LogP contribution in [0.2, 0.25) is 0 Å². The zero-order chi connectivity index (χ0) is 19.7. The van der Waals surface area contributed by atoms with E-state index in [0.717, 1.165) is 22.1 Å². The molecule has 1 aliphatic heterocycles. The molecule has 1 saturated heterocycles. The summed E-state index contributed by atoms with van der Waals surface area (Å²) in [6.07, 6.45) is 1.80. The zero-order valence-corrected chi connectivity index (χ0v) is 16.8. The first-order chi connectivity index (χ1) is 12.8. The molecule has 0 aliphatic carbocycles. The molecule has 0 unspecified atom stereocenters. The van der Waals surface area contributed by atoms with Crippen molar-refractivity contribution in [3.63, 3.8) is 0 Å². The van der Waals surface area contributed by atoms with Crippen LogP contribution in [-0.4, -0.2) is 57.5 Å². The van der Waals surface area contributed by atoms with Gasteiger partial charge in [0.05, 0.1) is 7.11 Å². The summed E-state index contributed by atoms with van der Waals surface area (Å²) in [6, 6.07) is 11.8. The Labute approximate surface area is 160 Å². The number of fused-ring (bicyclic) bond motifs is 1. The van der Waals surface area contributed by atoms with Gasteiger partial charge in [0.25, 0.3) is 0 Å². The Bertz CT molecular complexity index is 950. The monoisotopic (exact) mass is 390 g/mol. The second-order valence-electron chi connectivity index (χ2n) is 7.23. The molecule has 0 aromatic heterocycles. The maximum absolute atomic E-state index is 13.1. The smallest absolute Gasteiger partial charge is 0.244 e. The molecule has 27 heavy (non-hydrogen) atoms. The lowest BCUT2D eigenvalue weighted by Gasteiger charge is -2.37. The van der Waals surface area contributed by atoms with E-state index < -0.39 is 14.6 Å². The molecule has 3 rings (SSSR count). The second-order valence-corrected chi connectivity index (χ2v) is 9.55. The van der Waals surface area contributed by atoms with Crippen LogP contribution in [0.1, 0.15) is 18.4 Å². The molecule has 0 atom stereocenters. The number of carbonyl (C=O) groups is 1. The fraction of sp³-hybridized carbons (Fsp3) is 0.450. The highest BCUT2D eigenvalue weighted by atomic mass is 32.2. The minimum Gasteiger partial charge on any atom is -0.497 e. The Morgan fingerprint density at radius 1 is 1.15 bits per heavy atom. The standard InChI is InChI=1S/C20H26N2O4S/c1-22(19(23)20(27(3,24)25)8-10-21-11-9-20)14-15-4-5-17-13-18(26-2)7-6-16(17)12-15/h4-7,12-13,21H,8-11,14H2,1-3H3. The Morgan fingerprint density at radius 2 is 1.78 bits per heavy atom. The number of rotatable bonds is 5. The number of amides is 1. The molecule has 2 aromatic carbocycles. The van der Waals surface area contributed by atoms with E-state index in [4.69, 9.17) is 4.74 Å². The normalized spacial score (nSPS) is 16.9. The number of carbonyl (C=O) groups excluding carboxylic acids is 1. The topological polar surface area (TPSA) is 75.7 Å². The first-order valence-corrected chi connectivity index (χ1v) is 10.9. The van der Waals surface area contributed by atoms with Crippen molar-refractivity contribution in [1.82, 2.24) is 10.2 Å². The van der Waals surface area contributed by atoms with Gasteiger partial charge in [-0.05, 0) is 60.5 Å². The Morgan fingerprint density at radius 3 is 2.41 bits per heavy atom. The van der Waals surface area contributed by atoms with Crippen molar-refractivity contribution in [1.29, 1.82) is 0 Å². The minimum absolute atomic E-state index is 0.312. The molecule has 1 heterocycles. The molecule has 1 fully saturated rings. The number of hydrogen-bond acceptors (Lipinski definition) is 5. The van der Waals surface area contributed by atoms with Gasteiger partial charge in [-0.15, -0.1) is 0 Å². The van der Waals surface area contributed by atoms with Crippen molar-refractivity contribution in [2.45, 2.75) is 24.1 Å². The van der Waals surface area contributed by atoms with E-state index in [-0.39, 0.29) is 5.91 Å². The van der Waals surface area contributed by atoms with E-state index >= 15 is 0 Å². The van der Waals surface area contributed by atoms with Crippen molar-refractivity contribution in [3.8, 4) is 5.75 Å². The van der Waals surface area contributed by atoms with Crippen molar-refractivity contribution in [2.75, 3.05) is 33.5 Å². The first kappa shape index (κ1) is 19.6. The molecule has 2 aromatic rings. The van der Waals surface area contributed by atoms with Crippen molar-refractivity contribution >= 4 is 26.5 Å². The SMILES string of the molecule is COc1ccc2cc(CN(C)C(=O)C3(S(C)(=O)=O)CCNCC3)ccc2c1. The number of nitrogens with zero attached hydrogens (tertiary/aromatic N) is 1. The fourth-order valence-electron chi connectivity index (χ4n) is 3.77. The van der Waals surface area contributed by atoms with E-state index in [2.05, 4.69) is 5.32 Å². The van der Waals surface area contributed by atoms with Crippen LogP contribution < -0.4 is 10.1 Å². The summed E-state index contributed by atoms with van der Waals surface area (Å²) in [5.74, 6) is 0.477. The van der Waals surface area contributed by atoms with E-state index in [9.17, 15) is 13.2 Å². The van der Waals surface area contributed by atoms with E-state index in [1.807, 2.05) is 36.4 Å². The highest BCUT2D eigenvalue weighted by Crippen LogP contribution is 2.30. The Balaban J connectivity index is 1.84. The summed E-state index contributed by atoms with van der Waals surface area (Å²) in [4.78, 5) is 14.7. The number of hydrogen-bond donors (Lipinski definition) is 1. The zero-order valence-electron chi connectivity index (χ0n) is 16.0. The molecular weight excluding hydrogens is 364 g/mol. The lowest BCUT2D eigenvalue weighted by atomic mass is 9.95. The van der Waals surface area contributed by atoms with Crippen LogP contribution in [0.4, 0.5) is 0 Å². The van der Waals surface area contributed by atoms with Crippen LogP contribution in [0.15, 0.2) is 36.4 Å². The molecular formula is C20H26N2O4S. The summed E-state index contributed by atoms with van der Waals surface area (Å²) in [5.41, 5.74) is 0.959. The minimum atomic E-state index is -3.51. The molecule has 1 amide bonds. The van der Waals surface area contributed by atoms with Gasteiger partial charge in [-0.1, -0.05) is 18.2 Å². The second kappa shape index (κ2) is 7.48. The summed E-state index contributed by atoms with van der Waals surface area (Å²) in [7, 11) is -0.202. The van der Waals surface area contributed by atoms with Gasteiger partial charge >= 0.3 is 0 Å². The largest absolute Gasteiger partial charge is 0.497 e. The van der Waals surface area contributed by atoms with E-state index in [1.54, 1.807) is 14.2 Å². The highest BCUT2D eigenvalue weighted by molar-refractivity contribution is 7.92. The van der Waals surface area contributed by atoms with Gasteiger partial charge in [0.2, 0.25) is 5.91 Å². The molecule has 1 aliphatic rings. The van der Waals surface area contributed by atoms with E-state index in [0.29, 0.717) is 32.5 Å². The third-order valence-electron chi connectivity index (χ3n) is 5.39. The molecule has 7 heteroatoms. The summed E-state index contributed by atoms with van der Waals surface area (Å²) in [5, 5.41) is 5.24. The van der Waals surface area contributed by atoms with Crippen LogP contribution in [-0.2, 0) is 21.2 Å². The van der Waals surface area contributed by atoms with E-state index in [1.165, 1.54) is 11.2 Å². The maximum atomic E-state index is 13.1. The number of sulfone groups is 1. The van der Waals surface area contributed by atoms with Gasteiger partial charge in [0.1, 0.15) is 5.75 Å². The quantitative estimate of drug-likeness (QED) is 0.845. The number of ether oxygens (including phenoxy) is 1. The third kappa shape index (κ3) is 3.80. The van der Waals surface area contributed by atoms with Crippen molar-refractivity contribution < 1.29 is 17.9 Å².